The lowest BCUT2D eigenvalue weighted by Crippen LogP contribution is -2.52. The molecule has 7 heteroatoms. The average molecular weight is 404 g/mol. The van der Waals surface area contributed by atoms with E-state index < -0.39 is 5.60 Å². The predicted molar refractivity (Wildman–Crippen MR) is 107 cm³/mol. The van der Waals surface area contributed by atoms with Crippen LogP contribution >= 0.6 is 11.6 Å². The van der Waals surface area contributed by atoms with E-state index in [1.807, 2.05) is 20.0 Å². The third-order valence-corrected chi connectivity index (χ3v) is 6.36. The minimum atomic E-state index is -0.827. The number of nitrogens with zero attached hydrogens (tertiary/aromatic N) is 2. The average Bonchev–Trinajstić information content (AvgIpc) is 2.70. The Morgan fingerprint density at radius 2 is 1.75 bits per heavy atom. The van der Waals surface area contributed by atoms with Crippen molar-refractivity contribution in [1.29, 1.82) is 5.26 Å². The highest BCUT2D eigenvalue weighted by molar-refractivity contribution is 6.30. The molecule has 3 aliphatic rings. The number of hydrogen-bond donors (Lipinski definition) is 1. The van der Waals surface area contributed by atoms with Crippen molar-refractivity contribution in [1.82, 2.24) is 5.32 Å². The van der Waals surface area contributed by atoms with E-state index in [1.165, 1.54) is 7.11 Å². The Labute approximate surface area is 170 Å². The molecule has 1 N–H and O–H groups in total. The van der Waals surface area contributed by atoms with Crippen LogP contribution in [-0.4, -0.2) is 30.1 Å². The van der Waals surface area contributed by atoms with Crippen molar-refractivity contribution >= 4 is 23.4 Å². The maximum absolute atomic E-state index is 12.2. The number of rotatable bonds is 5. The lowest BCUT2D eigenvalue weighted by Gasteiger charge is -2.50. The van der Waals surface area contributed by atoms with E-state index in [9.17, 15) is 10.1 Å². The molecule has 0 amide bonds. The van der Waals surface area contributed by atoms with Crippen molar-refractivity contribution in [3.63, 3.8) is 0 Å². The lowest BCUT2D eigenvalue weighted by atomic mass is 9.57. The second-order valence-electron chi connectivity index (χ2n) is 8.26. The molecular weight excluding hydrogens is 378 g/mol. The maximum atomic E-state index is 12.2. The van der Waals surface area contributed by atoms with Crippen molar-refractivity contribution in [3.8, 4) is 11.9 Å². The Kier molecular flexibility index (Phi) is 5.58. The molecule has 28 heavy (non-hydrogen) atoms. The molecule has 3 fully saturated rings. The third kappa shape index (κ3) is 3.95. The highest BCUT2D eigenvalue weighted by atomic mass is 35.5. The van der Waals surface area contributed by atoms with E-state index in [1.54, 1.807) is 24.3 Å². The highest BCUT2D eigenvalue weighted by Gasteiger charge is 2.53. The van der Waals surface area contributed by atoms with Crippen LogP contribution in [0.1, 0.15) is 52.4 Å². The van der Waals surface area contributed by atoms with E-state index in [2.05, 4.69) is 5.32 Å². The quantitative estimate of drug-likeness (QED) is 0.261. The fraction of sp³-hybridized carbons (Fsp3) is 0.571. The molecule has 2 bridgehead atoms. The molecule has 1 aromatic rings. The topological polar surface area (TPSA) is 83.7 Å². The predicted octanol–water partition coefficient (Wildman–Crippen LogP) is 4.23. The molecule has 3 saturated carbocycles. The van der Waals surface area contributed by atoms with E-state index in [0.29, 0.717) is 16.6 Å². The SMILES string of the molecule is COC(=O)C12CCC(N=C(NC#N)C(C)(C)Oc3ccc(Cl)cc3)(CC1)CC2. The summed E-state index contributed by atoms with van der Waals surface area (Å²) in [4.78, 5) is 17.2. The molecule has 6 nitrogen and oxygen atoms in total. The standard InChI is InChI=1S/C21H26ClN3O3/c1-19(2,28-16-6-4-15(22)5-7-16)17(24-14-23)25-21-11-8-20(9-12-21,10-13-21)18(26)27-3/h4-7H,8-13H2,1-3H3,(H,24,25). The Hall–Kier alpha value is -2.26. The van der Waals surface area contributed by atoms with Crippen molar-refractivity contribution in [2.45, 2.75) is 63.5 Å². The van der Waals surface area contributed by atoms with Crippen LogP contribution in [0.2, 0.25) is 5.02 Å². The van der Waals surface area contributed by atoms with Gasteiger partial charge >= 0.3 is 5.97 Å². The lowest BCUT2D eigenvalue weighted by molar-refractivity contribution is -0.159. The number of methoxy groups -OCH3 is 1. The van der Waals surface area contributed by atoms with Crippen LogP contribution in [0.3, 0.4) is 0 Å². The Morgan fingerprint density at radius 3 is 2.25 bits per heavy atom. The molecule has 4 rings (SSSR count). The molecule has 0 radical (unpaired) electrons. The number of ether oxygens (including phenoxy) is 2. The Morgan fingerprint density at radius 1 is 1.18 bits per heavy atom. The van der Waals surface area contributed by atoms with Crippen molar-refractivity contribution in [2.24, 2.45) is 10.4 Å². The molecular formula is C21H26ClN3O3. The highest BCUT2D eigenvalue weighted by Crippen LogP contribution is 2.54. The van der Waals surface area contributed by atoms with E-state index in [4.69, 9.17) is 26.1 Å². The van der Waals surface area contributed by atoms with Gasteiger partial charge in [0.2, 0.25) is 0 Å². The summed E-state index contributed by atoms with van der Waals surface area (Å²) in [5.74, 6) is 1.04. The minimum absolute atomic E-state index is 0.105. The number of aliphatic imine (C=N–C) groups is 1. The number of fused-ring (bicyclic) bond motifs is 3. The number of carbonyl (C=O) groups excluding carboxylic acids is 1. The largest absolute Gasteiger partial charge is 0.480 e. The summed E-state index contributed by atoms with van der Waals surface area (Å²) in [6.45, 7) is 3.76. The molecule has 0 aliphatic heterocycles. The first-order valence-corrected chi connectivity index (χ1v) is 9.91. The first-order chi connectivity index (χ1) is 13.2. The van der Waals surface area contributed by atoms with Gasteiger partial charge < -0.3 is 9.47 Å². The molecule has 1 aromatic carbocycles. The Balaban J connectivity index is 1.82. The molecule has 0 saturated heterocycles. The molecule has 0 heterocycles. The molecule has 0 unspecified atom stereocenters. The second-order valence-corrected chi connectivity index (χ2v) is 8.70. The first kappa shape index (κ1) is 20.5. The summed E-state index contributed by atoms with van der Waals surface area (Å²) in [7, 11) is 1.46. The van der Waals surface area contributed by atoms with Gasteiger partial charge in [0.25, 0.3) is 0 Å². The van der Waals surface area contributed by atoms with Crippen LogP contribution < -0.4 is 10.1 Å². The summed E-state index contributed by atoms with van der Waals surface area (Å²) < 4.78 is 11.1. The van der Waals surface area contributed by atoms with Gasteiger partial charge in [-0.2, -0.15) is 5.26 Å². The normalized spacial score (nSPS) is 27.0. The van der Waals surface area contributed by atoms with Crippen molar-refractivity contribution in [2.75, 3.05) is 7.11 Å². The van der Waals surface area contributed by atoms with Crippen LogP contribution in [-0.2, 0) is 9.53 Å². The summed E-state index contributed by atoms with van der Waals surface area (Å²) in [6, 6.07) is 7.10. The number of nitrogens with one attached hydrogen (secondary N) is 1. The van der Waals surface area contributed by atoms with E-state index >= 15 is 0 Å². The van der Waals surface area contributed by atoms with Gasteiger partial charge in [0.05, 0.1) is 18.1 Å². The smallest absolute Gasteiger partial charge is 0.311 e. The van der Waals surface area contributed by atoms with Crippen molar-refractivity contribution < 1.29 is 14.3 Å². The van der Waals surface area contributed by atoms with Crippen LogP contribution in [0, 0.1) is 16.9 Å². The fourth-order valence-corrected chi connectivity index (χ4v) is 4.43. The molecule has 3 aliphatic carbocycles. The number of hydrogen-bond acceptors (Lipinski definition) is 5. The summed E-state index contributed by atoms with van der Waals surface area (Å²) >= 11 is 5.94. The van der Waals surface area contributed by atoms with E-state index in [0.717, 1.165) is 38.5 Å². The monoisotopic (exact) mass is 403 g/mol. The molecule has 0 spiro atoms. The zero-order chi connectivity index (χ0) is 20.4. The number of carbonyl (C=O) groups is 1. The summed E-state index contributed by atoms with van der Waals surface area (Å²) in [5.41, 5.74) is -1.45. The number of amidine groups is 1. The molecule has 0 atom stereocenters. The number of benzene rings is 1. The van der Waals surface area contributed by atoms with E-state index in [-0.39, 0.29) is 16.9 Å². The van der Waals surface area contributed by atoms with Gasteiger partial charge in [-0.1, -0.05) is 11.6 Å². The zero-order valence-corrected chi connectivity index (χ0v) is 17.3. The van der Waals surface area contributed by atoms with Crippen LogP contribution in [0.4, 0.5) is 0 Å². The third-order valence-electron chi connectivity index (χ3n) is 6.11. The maximum Gasteiger partial charge on any atom is 0.311 e. The van der Waals surface area contributed by atoms with Gasteiger partial charge in [-0.15, -0.1) is 0 Å². The van der Waals surface area contributed by atoms with Crippen molar-refractivity contribution in [3.05, 3.63) is 29.3 Å². The number of halogens is 1. The number of nitriles is 1. The van der Waals surface area contributed by atoms with Gasteiger partial charge in [-0.3, -0.25) is 15.1 Å². The summed E-state index contributed by atoms with van der Waals surface area (Å²) in [6.07, 6.45) is 6.69. The minimum Gasteiger partial charge on any atom is -0.480 e. The van der Waals surface area contributed by atoms with Gasteiger partial charge in [0.1, 0.15) is 5.75 Å². The van der Waals surface area contributed by atoms with Crippen LogP contribution in [0.25, 0.3) is 0 Å². The number of esters is 1. The summed E-state index contributed by atoms with van der Waals surface area (Å²) in [5, 5.41) is 12.6. The zero-order valence-electron chi connectivity index (χ0n) is 16.5. The van der Waals surface area contributed by atoms with Gasteiger partial charge in [0.15, 0.2) is 17.6 Å². The van der Waals surface area contributed by atoms with Crippen LogP contribution in [0.15, 0.2) is 29.3 Å². The van der Waals surface area contributed by atoms with Crippen LogP contribution in [0.5, 0.6) is 5.75 Å². The van der Waals surface area contributed by atoms with Gasteiger partial charge in [0, 0.05) is 5.02 Å². The molecule has 0 aromatic heterocycles. The van der Waals surface area contributed by atoms with Gasteiger partial charge in [-0.25, -0.2) is 0 Å². The van der Waals surface area contributed by atoms with Gasteiger partial charge in [-0.05, 0) is 76.6 Å². The second kappa shape index (κ2) is 7.63. The molecule has 150 valence electrons. The Bertz CT molecular complexity index is 787. The fourth-order valence-electron chi connectivity index (χ4n) is 4.31. The first-order valence-electron chi connectivity index (χ1n) is 9.53.